The molecule has 17 heavy (non-hydrogen) atoms. The highest BCUT2D eigenvalue weighted by atomic mass is 79.9. The number of para-hydroxylation sites is 1. The summed E-state index contributed by atoms with van der Waals surface area (Å²) in [6, 6.07) is 5.96. The molecule has 2 heterocycles. The van der Waals surface area contributed by atoms with Crippen molar-refractivity contribution in [2.45, 2.75) is 19.3 Å². The molecule has 0 bridgehead atoms. The Balaban J connectivity index is 1.83. The predicted octanol–water partition coefficient (Wildman–Crippen LogP) is 3.13. The topological polar surface area (TPSA) is 38.1 Å². The van der Waals surface area contributed by atoms with Gasteiger partial charge < -0.3 is 9.73 Å². The normalized spacial score (nSPS) is 20.9. The van der Waals surface area contributed by atoms with E-state index >= 15 is 0 Å². The van der Waals surface area contributed by atoms with E-state index in [2.05, 4.69) is 26.2 Å². The van der Waals surface area contributed by atoms with E-state index in [0.717, 1.165) is 41.0 Å². The van der Waals surface area contributed by atoms with Crippen molar-refractivity contribution in [2.75, 3.05) is 13.1 Å². The largest absolute Gasteiger partial charge is 0.439 e. The summed E-state index contributed by atoms with van der Waals surface area (Å²) >= 11 is 3.49. The molecule has 3 nitrogen and oxygen atoms in total. The van der Waals surface area contributed by atoms with Gasteiger partial charge in [-0.2, -0.15) is 0 Å². The molecule has 4 heteroatoms. The van der Waals surface area contributed by atoms with Gasteiger partial charge in [0.15, 0.2) is 11.5 Å². The first-order valence-corrected chi connectivity index (χ1v) is 6.87. The van der Waals surface area contributed by atoms with Gasteiger partial charge in [-0.1, -0.05) is 6.07 Å². The molecule has 0 saturated carbocycles. The van der Waals surface area contributed by atoms with Crippen LogP contribution in [-0.2, 0) is 6.42 Å². The van der Waals surface area contributed by atoms with Crippen LogP contribution in [0.15, 0.2) is 27.1 Å². The van der Waals surface area contributed by atoms with E-state index in [0.29, 0.717) is 5.92 Å². The Morgan fingerprint density at radius 1 is 1.47 bits per heavy atom. The lowest BCUT2D eigenvalue weighted by Crippen LogP contribution is -2.30. The van der Waals surface area contributed by atoms with Crippen LogP contribution in [0.5, 0.6) is 0 Å². The first kappa shape index (κ1) is 11.2. The van der Waals surface area contributed by atoms with Crippen LogP contribution >= 0.6 is 15.9 Å². The number of fused-ring (bicyclic) bond motifs is 1. The molecule has 0 amide bonds. The highest BCUT2D eigenvalue weighted by Gasteiger charge is 2.17. The highest BCUT2D eigenvalue weighted by molar-refractivity contribution is 9.10. The lowest BCUT2D eigenvalue weighted by Gasteiger charge is -2.21. The Bertz CT molecular complexity index is 517. The Labute approximate surface area is 109 Å². The molecule has 3 rings (SSSR count). The first-order valence-electron chi connectivity index (χ1n) is 6.07. The summed E-state index contributed by atoms with van der Waals surface area (Å²) in [7, 11) is 0. The van der Waals surface area contributed by atoms with Crippen LogP contribution in [0.3, 0.4) is 0 Å². The Kier molecular flexibility index (Phi) is 3.16. The van der Waals surface area contributed by atoms with Gasteiger partial charge in [0.05, 0.1) is 4.47 Å². The summed E-state index contributed by atoms with van der Waals surface area (Å²) in [5.74, 6) is 1.52. The van der Waals surface area contributed by atoms with Crippen LogP contribution in [0.2, 0.25) is 0 Å². The van der Waals surface area contributed by atoms with Crippen LogP contribution in [0.1, 0.15) is 18.7 Å². The molecule has 2 aromatic rings. The minimum atomic E-state index is 0.663. The van der Waals surface area contributed by atoms with E-state index in [4.69, 9.17) is 4.42 Å². The van der Waals surface area contributed by atoms with Crippen LogP contribution < -0.4 is 5.32 Å². The lowest BCUT2D eigenvalue weighted by molar-refractivity contribution is 0.349. The van der Waals surface area contributed by atoms with Gasteiger partial charge >= 0.3 is 0 Å². The maximum atomic E-state index is 5.82. The van der Waals surface area contributed by atoms with Gasteiger partial charge in [0.1, 0.15) is 5.52 Å². The summed E-state index contributed by atoms with van der Waals surface area (Å²) in [4.78, 5) is 4.54. The molecule has 0 aliphatic carbocycles. The third-order valence-electron chi connectivity index (χ3n) is 3.27. The van der Waals surface area contributed by atoms with Crippen LogP contribution in [0, 0.1) is 5.92 Å². The summed E-state index contributed by atoms with van der Waals surface area (Å²) < 4.78 is 6.80. The average Bonchev–Trinajstić information content (AvgIpc) is 2.74. The number of hydrogen-bond donors (Lipinski definition) is 1. The molecule has 90 valence electrons. The maximum absolute atomic E-state index is 5.82. The summed E-state index contributed by atoms with van der Waals surface area (Å²) in [6.45, 7) is 2.23. The van der Waals surface area contributed by atoms with Crippen molar-refractivity contribution in [3.05, 3.63) is 28.6 Å². The molecule has 1 aliphatic rings. The molecule has 1 aliphatic heterocycles. The van der Waals surface area contributed by atoms with E-state index in [-0.39, 0.29) is 0 Å². The molecule has 1 fully saturated rings. The second kappa shape index (κ2) is 4.78. The zero-order valence-electron chi connectivity index (χ0n) is 9.58. The number of hydrogen-bond acceptors (Lipinski definition) is 3. The maximum Gasteiger partial charge on any atom is 0.195 e. The van der Waals surface area contributed by atoms with E-state index in [1.807, 2.05) is 18.2 Å². The van der Waals surface area contributed by atoms with Gasteiger partial charge in [-0.25, -0.2) is 4.98 Å². The fraction of sp³-hybridized carbons (Fsp3) is 0.462. The number of halogens is 1. The van der Waals surface area contributed by atoms with Gasteiger partial charge in [-0.15, -0.1) is 0 Å². The quantitative estimate of drug-likeness (QED) is 0.925. The predicted molar refractivity (Wildman–Crippen MR) is 71.0 cm³/mol. The lowest BCUT2D eigenvalue weighted by atomic mass is 9.96. The Morgan fingerprint density at radius 3 is 3.18 bits per heavy atom. The van der Waals surface area contributed by atoms with Crippen molar-refractivity contribution >= 4 is 27.0 Å². The van der Waals surface area contributed by atoms with E-state index in [9.17, 15) is 0 Å². The van der Waals surface area contributed by atoms with Gasteiger partial charge in [-0.3, -0.25) is 0 Å². The number of oxazole rings is 1. The highest BCUT2D eigenvalue weighted by Crippen LogP contribution is 2.26. The van der Waals surface area contributed by atoms with Crippen LogP contribution in [0.4, 0.5) is 0 Å². The minimum Gasteiger partial charge on any atom is -0.439 e. The first-order chi connectivity index (χ1) is 8.33. The molecule has 1 N–H and O–H groups in total. The second-order valence-corrected chi connectivity index (χ2v) is 5.47. The van der Waals surface area contributed by atoms with Gasteiger partial charge in [0.2, 0.25) is 0 Å². The molecular formula is C13H15BrN2O. The molecule has 0 radical (unpaired) electrons. The SMILES string of the molecule is Brc1cccc2nc(CC3CCCNC3)oc12. The van der Waals surface area contributed by atoms with E-state index < -0.39 is 0 Å². The number of nitrogens with zero attached hydrogens (tertiary/aromatic N) is 1. The summed E-state index contributed by atoms with van der Waals surface area (Å²) in [5, 5.41) is 3.42. The fourth-order valence-corrected chi connectivity index (χ4v) is 2.83. The zero-order valence-corrected chi connectivity index (χ0v) is 11.2. The smallest absolute Gasteiger partial charge is 0.195 e. The van der Waals surface area contributed by atoms with E-state index in [1.54, 1.807) is 0 Å². The Morgan fingerprint density at radius 2 is 2.41 bits per heavy atom. The molecule has 1 atom stereocenters. The van der Waals surface area contributed by atoms with Crippen molar-refractivity contribution in [1.82, 2.24) is 10.3 Å². The molecule has 1 unspecified atom stereocenters. The average molecular weight is 295 g/mol. The van der Waals surface area contributed by atoms with Gasteiger partial charge in [0, 0.05) is 6.42 Å². The van der Waals surface area contributed by atoms with Crippen LogP contribution in [0.25, 0.3) is 11.1 Å². The third-order valence-corrected chi connectivity index (χ3v) is 3.90. The number of benzene rings is 1. The van der Waals surface area contributed by atoms with E-state index in [1.165, 1.54) is 12.8 Å². The summed E-state index contributed by atoms with van der Waals surface area (Å²) in [6.07, 6.45) is 3.47. The number of piperidine rings is 1. The zero-order chi connectivity index (χ0) is 11.7. The van der Waals surface area contributed by atoms with Crippen molar-refractivity contribution in [2.24, 2.45) is 5.92 Å². The van der Waals surface area contributed by atoms with Crippen molar-refractivity contribution in [3.63, 3.8) is 0 Å². The Hall–Kier alpha value is -0.870. The van der Waals surface area contributed by atoms with Crippen molar-refractivity contribution < 1.29 is 4.42 Å². The molecule has 1 aromatic carbocycles. The van der Waals surface area contributed by atoms with Gasteiger partial charge in [0.25, 0.3) is 0 Å². The summed E-state index contributed by atoms with van der Waals surface area (Å²) in [5.41, 5.74) is 1.81. The number of aromatic nitrogens is 1. The third kappa shape index (κ3) is 2.38. The molecule has 1 aromatic heterocycles. The molecule has 1 saturated heterocycles. The van der Waals surface area contributed by atoms with Crippen LogP contribution in [-0.4, -0.2) is 18.1 Å². The van der Waals surface area contributed by atoms with Crippen molar-refractivity contribution in [1.29, 1.82) is 0 Å². The van der Waals surface area contributed by atoms with Gasteiger partial charge in [-0.05, 0) is 59.9 Å². The second-order valence-electron chi connectivity index (χ2n) is 4.61. The standard InChI is InChI=1S/C13H15BrN2O/c14-10-4-1-5-11-13(10)17-12(16-11)7-9-3-2-6-15-8-9/h1,4-5,9,15H,2-3,6-8H2. The minimum absolute atomic E-state index is 0.663. The number of nitrogens with one attached hydrogen (secondary N) is 1. The fourth-order valence-electron chi connectivity index (χ4n) is 2.39. The number of rotatable bonds is 2. The molecule has 0 spiro atoms. The van der Waals surface area contributed by atoms with Crippen molar-refractivity contribution in [3.8, 4) is 0 Å². The monoisotopic (exact) mass is 294 g/mol. The molecular weight excluding hydrogens is 280 g/mol.